The molecule has 0 radical (unpaired) electrons. The number of hydrogen-bond acceptors (Lipinski definition) is 3. The Kier molecular flexibility index (Phi) is 8.83. The van der Waals surface area contributed by atoms with E-state index in [0.29, 0.717) is 6.04 Å². The Morgan fingerprint density at radius 1 is 1.29 bits per heavy atom. The molecule has 3 nitrogen and oxygen atoms in total. The highest BCUT2D eigenvalue weighted by Crippen LogP contribution is 2.07. The van der Waals surface area contributed by atoms with Gasteiger partial charge in [0, 0.05) is 25.2 Å². The van der Waals surface area contributed by atoms with Gasteiger partial charge in [-0.05, 0) is 53.6 Å². The van der Waals surface area contributed by atoms with Gasteiger partial charge >= 0.3 is 0 Å². The molecule has 0 aliphatic rings. The van der Waals surface area contributed by atoms with Crippen molar-refractivity contribution < 1.29 is 4.74 Å². The first kappa shape index (κ1) is 16.9. The molecular weight excluding hydrogens is 212 g/mol. The molecule has 0 aliphatic heterocycles. The standard InChI is InChI=1S/C14H32N2O/c1-7-16(11-12-17-6)13(2)9-8-10-15-14(3,4)5/h13,15H,7-12H2,1-6H3. The maximum Gasteiger partial charge on any atom is 0.0589 e. The smallest absolute Gasteiger partial charge is 0.0589 e. The highest BCUT2D eigenvalue weighted by Gasteiger charge is 2.12. The minimum atomic E-state index is 0.240. The van der Waals surface area contributed by atoms with Crippen LogP contribution in [0, 0.1) is 0 Å². The van der Waals surface area contributed by atoms with Crippen LogP contribution < -0.4 is 5.32 Å². The monoisotopic (exact) mass is 244 g/mol. The predicted molar refractivity (Wildman–Crippen MR) is 75.6 cm³/mol. The Morgan fingerprint density at radius 3 is 2.41 bits per heavy atom. The molecule has 0 heterocycles. The summed E-state index contributed by atoms with van der Waals surface area (Å²) in [4.78, 5) is 2.49. The second-order valence-corrected chi connectivity index (χ2v) is 5.79. The number of methoxy groups -OCH3 is 1. The van der Waals surface area contributed by atoms with E-state index in [-0.39, 0.29) is 5.54 Å². The zero-order chi connectivity index (χ0) is 13.3. The molecule has 0 saturated carbocycles. The van der Waals surface area contributed by atoms with Crippen LogP contribution in [0.3, 0.4) is 0 Å². The van der Waals surface area contributed by atoms with E-state index in [9.17, 15) is 0 Å². The number of rotatable bonds is 9. The average Bonchev–Trinajstić information content (AvgIpc) is 2.24. The second kappa shape index (κ2) is 8.90. The lowest BCUT2D eigenvalue weighted by Crippen LogP contribution is -2.38. The van der Waals surface area contributed by atoms with E-state index in [1.54, 1.807) is 7.11 Å². The number of nitrogens with zero attached hydrogens (tertiary/aromatic N) is 1. The Bertz CT molecular complexity index is 178. The predicted octanol–water partition coefficient (Wildman–Crippen LogP) is 2.51. The van der Waals surface area contributed by atoms with Crippen molar-refractivity contribution in [2.75, 3.05) is 33.4 Å². The molecule has 0 aromatic heterocycles. The fourth-order valence-electron chi connectivity index (χ4n) is 1.94. The minimum absolute atomic E-state index is 0.240. The lowest BCUT2D eigenvalue weighted by Gasteiger charge is -2.28. The molecule has 0 amide bonds. The van der Waals surface area contributed by atoms with Crippen LogP contribution in [-0.2, 0) is 4.74 Å². The van der Waals surface area contributed by atoms with E-state index in [1.807, 2.05) is 0 Å². The molecule has 1 atom stereocenters. The molecule has 104 valence electrons. The largest absolute Gasteiger partial charge is 0.383 e. The van der Waals surface area contributed by atoms with E-state index < -0.39 is 0 Å². The first-order valence-corrected chi connectivity index (χ1v) is 6.88. The normalized spacial score (nSPS) is 14.3. The average molecular weight is 244 g/mol. The van der Waals surface area contributed by atoms with Gasteiger partial charge in [-0.15, -0.1) is 0 Å². The molecule has 0 bridgehead atoms. The van der Waals surface area contributed by atoms with Crippen LogP contribution in [0.15, 0.2) is 0 Å². The topological polar surface area (TPSA) is 24.5 Å². The van der Waals surface area contributed by atoms with E-state index in [1.165, 1.54) is 12.8 Å². The van der Waals surface area contributed by atoms with Gasteiger partial charge in [-0.1, -0.05) is 6.92 Å². The zero-order valence-corrected chi connectivity index (χ0v) is 12.7. The highest BCUT2D eigenvalue weighted by molar-refractivity contribution is 4.71. The Hall–Kier alpha value is -0.120. The Labute approximate surface area is 108 Å². The molecular formula is C14H32N2O. The van der Waals surface area contributed by atoms with Crippen molar-refractivity contribution in [2.45, 2.75) is 59.0 Å². The molecule has 0 spiro atoms. The summed E-state index contributed by atoms with van der Waals surface area (Å²) in [6, 6.07) is 0.650. The van der Waals surface area contributed by atoms with Crippen molar-refractivity contribution >= 4 is 0 Å². The summed E-state index contributed by atoms with van der Waals surface area (Å²) < 4.78 is 5.14. The minimum Gasteiger partial charge on any atom is -0.383 e. The highest BCUT2D eigenvalue weighted by atomic mass is 16.5. The van der Waals surface area contributed by atoms with Crippen molar-refractivity contribution in [3.05, 3.63) is 0 Å². The van der Waals surface area contributed by atoms with Crippen LogP contribution in [0.1, 0.15) is 47.5 Å². The lowest BCUT2D eigenvalue weighted by atomic mass is 10.1. The van der Waals surface area contributed by atoms with Gasteiger partial charge in [0.2, 0.25) is 0 Å². The van der Waals surface area contributed by atoms with Crippen molar-refractivity contribution in [1.29, 1.82) is 0 Å². The van der Waals surface area contributed by atoms with Gasteiger partial charge in [-0.25, -0.2) is 0 Å². The van der Waals surface area contributed by atoms with Crippen molar-refractivity contribution in [3.63, 3.8) is 0 Å². The molecule has 0 aromatic rings. The summed E-state index contributed by atoms with van der Waals surface area (Å²) in [6.07, 6.45) is 2.49. The number of likely N-dealkylation sites (N-methyl/N-ethyl adjacent to an activating group) is 1. The van der Waals surface area contributed by atoms with Crippen molar-refractivity contribution in [1.82, 2.24) is 10.2 Å². The summed E-state index contributed by atoms with van der Waals surface area (Å²) in [5, 5.41) is 3.53. The van der Waals surface area contributed by atoms with Crippen molar-refractivity contribution in [3.8, 4) is 0 Å². The number of nitrogens with one attached hydrogen (secondary N) is 1. The van der Waals surface area contributed by atoms with E-state index in [2.05, 4.69) is 44.8 Å². The van der Waals surface area contributed by atoms with Gasteiger partial charge in [-0.2, -0.15) is 0 Å². The second-order valence-electron chi connectivity index (χ2n) is 5.79. The Balaban J connectivity index is 3.71. The zero-order valence-electron chi connectivity index (χ0n) is 12.7. The first-order chi connectivity index (χ1) is 7.90. The molecule has 0 saturated heterocycles. The maximum absolute atomic E-state index is 5.14. The summed E-state index contributed by atoms with van der Waals surface area (Å²) >= 11 is 0. The molecule has 0 aliphatic carbocycles. The van der Waals surface area contributed by atoms with E-state index in [4.69, 9.17) is 4.74 Å². The van der Waals surface area contributed by atoms with Gasteiger partial charge < -0.3 is 10.1 Å². The van der Waals surface area contributed by atoms with Gasteiger partial charge in [0.05, 0.1) is 6.61 Å². The number of hydrogen-bond donors (Lipinski definition) is 1. The summed E-state index contributed by atoms with van der Waals surface area (Å²) in [6.45, 7) is 15.3. The van der Waals surface area contributed by atoms with Crippen LogP contribution in [-0.4, -0.2) is 49.8 Å². The third kappa shape index (κ3) is 9.57. The fraction of sp³-hybridized carbons (Fsp3) is 1.00. The first-order valence-electron chi connectivity index (χ1n) is 6.88. The third-order valence-electron chi connectivity index (χ3n) is 3.07. The molecule has 17 heavy (non-hydrogen) atoms. The van der Waals surface area contributed by atoms with Gasteiger partial charge in [0.25, 0.3) is 0 Å². The van der Waals surface area contributed by atoms with Crippen LogP contribution in [0.25, 0.3) is 0 Å². The molecule has 1 N–H and O–H groups in total. The van der Waals surface area contributed by atoms with Crippen LogP contribution >= 0.6 is 0 Å². The molecule has 0 fully saturated rings. The van der Waals surface area contributed by atoms with E-state index >= 15 is 0 Å². The summed E-state index contributed by atoms with van der Waals surface area (Å²) in [5.41, 5.74) is 0.240. The lowest BCUT2D eigenvalue weighted by molar-refractivity contribution is 0.124. The summed E-state index contributed by atoms with van der Waals surface area (Å²) in [5.74, 6) is 0. The molecule has 3 heteroatoms. The maximum atomic E-state index is 5.14. The molecule has 0 rings (SSSR count). The third-order valence-corrected chi connectivity index (χ3v) is 3.07. The van der Waals surface area contributed by atoms with Gasteiger partial charge in [0.1, 0.15) is 0 Å². The molecule has 0 aromatic carbocycles. The van der Waals surface area contributed by atoms with Crippen LogP contribution in [0.2, 0.25) is 0 Å². The fourth-order valence-corrected chi connectivity index (χ4v) is 1.94. The van der Waals surface area contributed by atoms with Crippen molar-refractivity contribution in [2.24, 2.45) is 0 Å². The van der Waals surface area contributed by atoms with Gasteiger partial charge in [0.15, 0.2) is 0 Å². The quantitative estimate of drug-likeness (QED) is 0.631. The van der Waals surface area contributed by atoms with Crippen LogP contribution in [0.4, 0.5) is 0 Å². The molecule has 1 unspecified atom stereocenters. The van der Waals surface area contributed by atoms with Crippen LogP contribution in [0.5, 0.6) is 0 Å². The summed E-state index contributed by atoms with van der Waals surface area (Å²) in [7, 11) is 1.77. The van der Waals surface area contributed by atoms with Gasteiger partial charge in [-0.3, -0.25) is 4.90 Å². The Morgan fingerprint density at radius 2 is 1.94 bits per heavy atom. The number of ether oxygens (including phenoxy) is 1. The van der Waals surface area contributed by atoms with E-state index in [0.717, 1.165) is 26.2 Å². The SMILES string of the molecule is CCN(CCOC)C(C)CCCNC(C)(C)C.